The van der Waals surface area contributed by atoms with Crippen molar-refractivity contribution in [1.82, 2.24) is 4.98 Å². The second kappa shape index (κ2) is 5.98. The van der Waals surface area contributed by atoms with Crippen LogP contribution in [0.3, 0.4) is 0 Å². The highest BCUT2D eigenvalue weighted by Crippen LogP contribution is 2.27. The minimum absolute atomic E-state index is 0.709. The fourth-order valence-electron chi connectivity index (χ4n) is 2.17. The van der Waals surface area contributed by atoms with E-state index in [9.17, 15) is 0 Å². The van der Waals surface area contributed by atoms with Crippen molar-refractivity contribution in [3.8, 4) is 0 Å². The van der Waals surface area contributed by atoms with Crippen LogP contribution in [-0.4, -0.2) is 4.98 Å². The van der Waals surface area contributed by atoms with E-state index in [-0.39, 0.29) is 0 Å². The minimum Gasteiger partial charge on any atom is -0.249 e. The van der Waals surface area contributed by atoms with Crippen molar-refractivity contribution in [1.29, 1.82) is 0 Å². The van der Waals surface area contributed by atoms with Crippen molar-refractivity contribution in [2.24, 2.45) is 5.92 Å². The van der Waals surface area contributed by atoms with Crippen molar-refractivity contribution in [2.45, 2.75) is 47.0 Å². The molecule has 2 aromatic heterocycles. The lowest BCUT2D eigenvalue weighted by molar-refractivity contribution is 0.649. The fourth-order valence-corrected chi connectivity index (χ4v) is 4.29. The average Bonchev–Trinajstić information content (AvgIpc) is 2.86. The van der Waals surface area contributed by atoms with E-state index in [0.717, 1.165) is 19.3 Å². The summed E-state index contributed by atoms with van der Waals surface area (Å²) in [4.78, 5) is 9.00. The molecule has 0 N–H and O–H groups in total. The van der Waals surface area contributed by atoms with Gasteiger partial charge in [-0.15, -0.1) is 22.7 Å². The van der Waals surface area contributed by atoms with E-state index in [2.05, 4.69) is 38.7 Å². The smallest absolute Gasteiger partial charge is 0.0797 e. The molecule has 2 aromatic rings. The minimum atomic E-state index is 0.709. The molecule has 0 saturated heterocycles. The Bertz CT molecular complexity index is 508. The van der Waals surface area contributed by atoms with Gasteiger partial charge in [0.05, 0.1) is 11.2 Å². The van der Waals surface area contributed by atoms with Gasteiger partial charge in [-0.1, -0.05) is 20.8 Å². The maximum atomic E-state index is 4.55. The molecule has 0 unspecified atom stereocenters. The zero-order valence-corrected chi connectivity index (χ0v) is 13.3. The average molecular weight is 279 g/mol. The maximum absolute atomic E-state index is 4.55. The second-order valence-corrected chi connectivity index (χ2v) is 7.33. The van der Waals surface area contributed by atoms with Crippen molar-refractivity contribution in [3.63, 3.8) is 0 Å². The Balaban J connectivity index is 2.15. The van der Waals surface area contributed by atoms with Crippen LogP contribution >= 0.6 is 22.7 Å². The molecule has 0 fully saturated rings. The summed E-state index contributed by atoms with van der Waals surface area (Å²) in [6.45, 7) is 8.99. The molecule has 0 saturated carbocycles. The van der Waals surface area contributed by atoms with Crippen molar-refractivity contribution in [2.75, 3.05) is 0 Å². The van der Waals surface area contributed by atoms with Crippen molar-refractivity contribution < 1.29 is 0 Å². The summed E-state index contributed by atoms with van der Waals surface area (Å²) >= 11 is 3.76. The first-order valence-corrected chi connectivity index (χ1v) is 8.29. The first-order valence-electron chi connectivity index (χ1n) is 6.59. The highest BCUT2D eigenvalue weighted by Gasteiger charge is 2.11. The molecule has 0 aromatic carbocycles. The normalized spacial score (nSPS) is 11.4. The highest BCUT2D eigenvalue weighted by atomic mass is 32.1. The quantitative estimate of drug-likeness (QED) is 0.761. The summed E-state index contributed by atoms with van der Waals surface area (Å²) < 4.78 is 0. The summed E-state index contributed by atoms with van der Waals surface area (Å²) in [7, 11) is 0. The molecule has 18 heavy (non-hydrogen) atoms. The van der Waals surface area contributed by atoms with Gasteiger partial charge in [0.2, 0.25) is 0 Å². The van der Waals surface area contributed by atoms with E-state index in [1.807, 2.05) is 28.2 Å². The molecule has 2 rings (SSSR count). The zero-order valence-electron chi connectivity index (χ0n) is 11.6. The maximum Gasteiger partial charge on any atom is 0.0797 e. The lowest BCUT2D eigenvalue weighted by Gasteiger charge is -2.04. The predicted molar refractivity (Wildman–Crippen MR) is 81.9 cm³/mol. The summed E-state index contributed by atoms with van der Waals surface area (Å²) in [6, 6.07) is 2.34. The van der Waals surface area contributed by atoms with Crippen LogP contribution in [0.25, 0.3) is 0 Å². The highest BCUT2D eigenvalue weighted by molar-refractivity contribution is 7.12. The van der Waals surface area contributed by atoms with Crippen LogP contribution in [-0.2, 0) is 19.3 Å². The van der Waals surface area contributed by atoms with E-state index in [1.165, 1.54) is 25.9 Å². The summed E-state index contributed by atoms with van der Waals surface area (Å²) in [5.74, 6) is 0.709. The Morgan fingerprint density at radius 2 is 2.06 bits per heavy atom. The van der Waals surface area contributed by atoms with Gasteiger partial charge in [0, 0.05) is 21.1 Å². The third kappa shape index (κ3) is 3.21. The Labute approximate surface area is 118 Å². The Morgan fingerprint density at radius 1 is 1.28 bits per heavy atom. The number of hydrogen-bond acceptors (Lipinski definition) is 3. The third-order valence-electron chi connectivity index (χ3n) is 3.05. The molecule has 0 spiro atoms. The SMILES string of the molecule is CCc1sc(Cc2ncsc2CC(C)C)cc1C. The molecular weight excluding hydrogens is 258 g/mol. The molecule has 0 amide bonds. The molecule has 0 atom stereocenters. The predicted octanol–water partition coefficient (Wildman–Crippen LogP) is 4.86. The molecule has 0 aliphatic rings. The van der Waals surface area contributed by atoms with Gasteiger partial charge in [0.25, 0.3) is 0 Å². The van der Waals surface area contributed by atoms with E-state index < -0.39 is 0 Å². The van der Waals surface area contributed by atoms with Gasteiger partial charge in [-0.3, -0.25) is 0 Å². The van der Waals surface area contributed by atoms with Gasteiger partial charge in [0.15, 0.2) is 0 Å². The first-order chi connectivity index (χ1) is 8.60. The van der Waals surface area contributed by atoms with Crippen LogP contribution in [0.2, 0.25) is 0 Å². The second-order valence-electron chi connectivity index (χ2n) is 5.17. The standard InChI is InChI=1S/C15H21NS2/c1-5-14-11(4)7-12(18-14)8-13-15(6-10(2)3)17-9-16-13/h7,9-10H,5-6,8H2,1-4H3. The van der Waals surface area contributed by atoms with Gasteiger partial charge < -0.3 is 0 Å². The molecule has 2 heterocycles. The lowest BCUT2D eigenvalue weighted by Crippen LogP contribution is -1.96. The summed E-state index contributed by atoms with van der Waals surface area (Å²) in [5.41, 5.74) is 4.73. The summed E-state index contributed by atoms with van der Waals surface area (Å²) in [5, 5.41) is 0. The van der Waals surface area contributed by atoms with E-state index >= 15 is 0 Å². The molecule has 0 radical (unpaired) electrons. The van der Waals surface area contributed by atoms with Gasteiger partial charge in [0.1, 0.15) is 0 Å². The number of hydrogen-bond donors (Lipinski definition) is 0. The Kier molecular flexibility index (Phi) is 4.57. The van der Waals surface area contributed by atoms with Crippen LogP contribution in [0.1, 0.15) is 46.7 Å². The summed E-state index contributed by atoms with van der Waals surface area (Å²) in [6.07, 6.45) is 3.31. The fraction of sp³-hybridized carbons (Fsp3) is 0.533. The largest absolute Gasteiger partial charge is 0.249 e. The Morgan fingerprint density at radius 3 is 2.67 bits per heavy atom. The van der Waals surface area contributed by atoms with E-state index in [4.69, 9.17) is 0 Å². The number of thiazole rings is 1. The number of nitrogens with zero attached hydrogens (tertiary/aromatic N) is 1. The van der Waals surface area contributed by atoms with Crippen LogP contribution in [0.4, 0.5) is 0 Å². The number of thiophene rings is 1. The number of rotatable bonds is 5. The van der Waals surface area contributed by atoms with Crippen molar-refractivity contribution >= 4 is 22.7 Å². The molecule has 1 nitrogen and oxygen atoms in total. The van der Waals surface area contributed by atoms with Gasteiger partial charge in [-0.25, -0.2) is 4.98 Å². The van der Waals surface area contributed by atoms with Crippen LogP contribution in [0.15, 0.2) is 11.6 Å². The van der Waals surface area contributed by atoms with Gasteiger partial charge in [-0.2, -0.15) is 0 Å². The molecular formula is C15H21NS2. The molecule has 0 aliphatic heterocycles. The molecule has 0 bridgehead atoms. The zero-order chi connectivity index (χ0) is 13.1. The monoisotopic (exact) mass is 279 g/mol. The van der Waals surface area contributed by atoms with E-state index in [0.29, 0.717) is 5.92 Å². The topological polar surface area (TPSA) is 12.9 Å². The third-order valence-corrected chi connectivity index (χ3v) is 5.33. The molecule has 3 heteroatoms. The van der Waals surface area contributed by atoms with Crippen LogP contribution < -0.4 is 0 Å². The molecule has 0 aliphatic carbocycles. The Hall–Kier alpha value is -0.670. The molecule has 98 valence electrons. The lowest BCUT2D eigenvalue weighted by atomic mass is 10.1. The van der Waals surface area contributed by atoms with Crippen molar-refractivity contribution in [3.05, 3.63) is 37.5 Å². The number of aromatic nitrogens is 1. The van der Waals surface area contributed by atoms with Gasteiger partial charge >= 0.3 is 0 Å². The van der Waals surface area contributed by atoms with E-state index in [1.54, 1.807) is 0 Å². The van der Waals surface area contributed by atoms with Gasteiger partial charge in [-0.05, 0) is 37.3 Å². The number of aryl methyl sites for hydroxylation is 2. The van der Waals surface area contributed by atoms with Crippen LogP contribution in [0.5, 0.6) is 0 Å². The van der Waals surface area contributed by atoms with Crippen LogP contribution in [0, 0.1) is 12.8 Å². The first kappa shape index (κ1) is 13.8.